The number of aromatic nitrogens is 1. The second-order valence-electron chi connectivity index (χ2n) is 15.7. The number of carboxylic acids is 1. The molecule has 0 radical (unpaired) electrons. The standard InChI is InChI=1S/C37H45NO5/c1-20-29-21(22-19-38-24-8-7-9-25(39)30(22)24)16-27-35(4,23(29)17-26(40)31(20)41)13-15-37(6)28-18-34(3,32(42)43)11-10-33(28,2)12-14-36(27,37)5/h7-9,16-17,19,21,28,38-41H,10-15,18H2,1-6H3,(H,42,43)/t21?,28-,33-,34-,35+,36-,37+/m1/s1. The molecule has 4 aliphatic rings. The molecule has 5 N–H and O–H groups in total. The zero-order valence-electron chi connectivity index (χ0n) is 26.3. The van der Waals surface area contributed by atoms with Gasteiger partial charge in [-0.3, -0.25) is 4.79 Å². The second-order valence-corrected chi connectivity index (χ2v) is 15.7. The van der Waals surface area contributed by atoms with E-state index >= 15 is 0 Å². The fourth-order valence-electron chi connectivity index (χ4n) is 10.6. The smallest absolute Gasteiger partial charge is 0.309 e. The van der Waals surface area contributed by atoms with Gasteiger partial charge in [0.2, 0.25) is 0 Å². The molecule has 3 fully saturated rings. The van der Waals surface area contributed by atoms with E-state index in [1.165, 1.54) is 5.57 Å². The van der Waals surface area contributed by atoms with Crippen LogP contribution in [0.5, 0.6) is 17.2 Å². The maximum absolute atomic E-state index is 12.5. The molecule has 228 valence electrons. The zero-order valence-corrected chi connectivity index (χ0v) is 26.3. The number of hydrogen-bond donors (Lipinski definition) is 5. The molecule has 7 atom stereocenters. The number of nitrogens with one attached hydrogen (secondary N) is 1. The van der Waals surface area contributed by atoms with Crippen molar-refractivity contribution in [1.82, 2.24) is 4.98 Å². The van der Waals surface area contributed by atoms with E-state index in [9.17, 15) is 25.2 Å². The molecule has 3 saturated carbocycles. The Morgan fingerprint density at radius 2 is 1.65 bits per heavy atom. The number of hydrogen-bond acceptors (Lipinski definition) is 4. The summed E-state index contributed by atoms with van der Waals surface area (Å²) < 4.78 is 0. The third kappa shape index (κ3) is 3.44. The minimum Gasteiger partial charge on any atom is -0.507 e. The molecule has 0 saturated heterocycles. The number of H-pyrrole nitrogens is 1. The van der Waals surface area contributed by atoms with Gasteiger partial charge in [0.15, 0.2) is 11.5 Å². The van der Waals surface area contributed by atoms with Crippen molar-refractivity contribution in [3.8, 4) is 17.2 Å². The van der Waals surface area contributed by atoms with Crippen molar-refractivity contribution in [2.24, 2.45) is 27.6 Å². The molecule has 1 heterocycles. The third-order valence-corrected chi connectivity index (χ3v) is 13.7. The van der Waals surface area contributed by atoms with Crippen LogP contribution in [0.15, 0.2) is 42.1 Å². The number of benzene rings is 2. The third-order valence-electron chi connectivity index (χ3n) is 13.7. The first-order chi connectivity index (χ1) is 20.1. The Labute approximate surface area is 253 Å². The van der Waals surface area contributed by atoms with E-state index in [0.29, 0.717) is 12.0 Å². The van der Waals surface area contributed by atoms with Gasteiger partial charge >= 0.3 is 5.97 Å². The molecule has 4 aliphatic carbocycles. The summed E-state index contributed by atoms with van der Waals surface area (Å²) >= 11 is 0. The number of aromatic amines is 1. The summed E-state index contributed by atoms with van der Waals surface area (Å²) in [7, 11) is 0. The summed E-state index contributed by atoms with van der Waals surface area (Å²) in [5, 5.41) is 44.0. The van der Waals surface area contributed by atoms with Gasteiger partial charge in [-0.15, -0.1) is 0 Å². The SMILES string of the molecule is Cc1c(O)c(O)cc2c1C(c1c[nH]c3cccc(O)c13)C=C1[C@@]2(C)CC[C@@]2(C)[C@@H]3C[C@](C)(C(=O)O)CC[C@]3(C)CC[C@]12C. The van der Waals surface area contributed by atoms with Crippen LogP contribution < -0.4 is 0 Å². The van der Waals surface area contributed by atoms with E-state index in [-0.39, 0.29) is 50.7 Å². The first-order valence-corrected chi connectivity index (χ1v) is 15.9. The molecule has 7 rings (SSSR count). The molecule has 0 bridgehead atoms. The summed E-state index contributed by atoms with van der Waals surface area (Å²) in [5.74, 6) is -0.629. The van der Waals surface area contributed by atoms with Crippen LogP contribution in [0, 0.1) is 34.5 Å². The Kier molecular flexibility index (Phi) is 5.68. The highest BCUT2D eigenvalue weighted by atomic mass is 16.4. The van der Waals surface area contributed by atoms with Gasteiger partial charge in [-0.1, -0.05) is 45.4 Å². The summed E-state index contributed by atoms with van der Waals surface area (Å²) in [4.78, 5) is 15.9. The number of carbonyl (C=O) groups is 1. The van der Waals surface area contributed by atoms with E-state index in [1.807, 2.05) is 32.2 Å². The largest absolute Gasteiger partial charge is 0.507 e. The molecule has 3 aromatic rings. The average molecular weight is 584 g/mol. The number of aromatic hydroxyl groups is 3. The van der Waals surface area contributed by atoms with Crippen molar-refractivity contribution >= 4 is 16.9 Å². The fourth-order valence-corrected chi connectivity index (χ4v) is 10.6. The number of fused-ring (bicyclic) bond motifs is 8. The minimum atomic E-state index is -0.718. The lowest BCUT2D eigenvalue weighted by molar-refractivity contribution is -0.177. The van der Waals surface area contributed by atoms with Gasteiger partial charge in [0.05, 0.1) is 5.41 Å². The van der Waals surface area contributed by atoms with Crippen molar-refractivity contribution in [2.75, 3.05) is 0 Å². The van der Waals surface area contributed by atoms with Crippen molar-refractivity contribution < 1.29 is 25.2 Å². The predicted molar refractivity (Wildman–Crippen MR) is 168 cm³/mol. The van der Waals surface area contributed by atoms with Gasteiger partial charge in [0.1, 0.15) is 5.75 Å². The number of allylic oxidation sites excluding steroid dienone is 2. The summed E-state index contributed by atoms with van der Waals surface area (Å²) in [6, 6.07) is 7.29. The van der Waals surface area contributed by atoms with Crippen LogP contribution in [0.25, 0.3) is 10.9 Å². The van der Waals surface area contributed by atoms with Crippen molar-refractivity contribution in [1.29, 1.82) is 0 Å². The Morgan fingerprint density at radius 3 is 2.37 bits per heavy atom. The normalized spacial score (nSPS) is 38.4. The highest BCUT2D eigenvalue weighted by molar-refractivity contribution is 5.90. The molecule has 1 aromatic heterocycles. The lowest BCUT2D eigenvalue weighted by Crippen LogP contribution is -2.62. The van der Waals surface area contributed by atoms with Gasteiger partial charge in [-0.05, 0) is 121 Å². The number of rotatable bonds is 2. The monoisotopic (exact) mass is 583 g/mol. The summed E-state index contributed by atoms with van der Waals surface area (Å²) in [5.41, 5.74) is 4.58. The Hall–Kier alpha value is -3.41. The van der Waals surface area contributed by atoms with Crippen LogP contribution in [0.2, 0.25) is 0 Å². The predicted octanol–water partition coefficient (Wildman–Crippen LogP) is 8.42. The van der Waals surface area contributed by atoms with Crippen LogP contribution in [-0.4, -0.2) is 31.4 Å². The van der Waals surface area contributed by atoms with Gasteiger partial charge in [-0.25, -0.2) is 0 Å². The zero-order chi connectivity index (χ0) is 30.9. The van der Waals surface area contributed by atoms with Crippen LogP contribution in [0.1, 0.15) is 108 Å². The first-order valence-electron chi connectivity index (χ1n) is 15.9. The minimum absolute atomic E-state index is 0.0938. The van der Waals surface area contributed by atoms with Crippen molar-refractivity contribution in [3.05, 3.63) is 64.4 Å². The lowest BCUT2D eigenvalue weighted by atomic mass is 9.34. The molecular formula is C37H45NO5. The molecule has 0 amide bonds. The van der Waals surface area contributed by atoms with Crippen LogP contribution in [0.4, 0.5) is 0 Å². The van der Waals surface area contributed by atoms with Gasteiger partial charge in [-0.2, -0.15) is 0 Å². The number of aliphatic carboxylic acids is 1. The van der Waals surface area contributed by atoms with E-state index in [0.717, 1.165) is 66.1 Å². The topological polar surface area (TPSA) is 114 Å². The molecule has 0 aliphatic heterocycles. The molecule has 2 aromatic carbocycles. The van der Waals surface area contributed by atoms with Crippen molar-refractivity contribution in [3.63, 3.8) is 0 Å². The van der Waals surface area contributed by atoms with Gasteiger partial charge in [0.25, 0.3) is 0 Å². The summed E-state index contributed by atoms with van der Waals surface area (Å²) in [6.45, 7) is 13.4. The first kappa shape index (κ1) is 28.4. The summed E-state index contributed by atoms with van der Waals surface area (Å²) in [6.07, 6.45) is 10.7. The lowest BCUT2D eigenvalue weighted by Gasteiger charge is -2.70. The highest BCUT2D eigenvalue weighted by Crippen LogP contribution is 2.75. The Balaban J connectivity index is 1.48. The average Bonchev–Trinajstić information content (AvgIpc) is 3.40. The van der Waals surface area contributed by atoms with E-state index in [1.54, 1.807) is 12.1 Å². The molecule has 6 heteroatoms. The highest BCUT2D eigenvalue weighted by Gasteiger charge is 2.67. The molecule has 0 spiro atoms. The maximum Gasteiger partial charge on any atom is 0.309 e. The van der Waals surface area contributed by atoms with Gasteiger partial charge in [0, 0.05) is 28.4 Å². The fraction of sp³-hybridized carbons (Fsp3) is 0.541. The molecule has 6 nitrogen and oxygen atoms in total. The van der Waals surface area contributed by atoms with Crippen LogP contribution in [0.3, 0.4) is 0 Å². The second kappa shape index (κ2) is 8.61. The number of carboxylic acid groups (broad SMARTS) is 1. The quantitative estimate of drug-likeness (QED) is 0.153. The molecular weight excluding hydrogens is 538 g/mol. The Bertz CT molecular complexity index is 1740. The van der Waals surface area contributed by atoms with E-state index < -0.39 is 11.4 Å². The number of phenols is 3. The van der Waals surface area contributed by atoms with Gasteiger partial charge < -0.3 is 25.4 Å². The number of phenolic OH excluding ortho intramolecular Hbond substituents is 3. The van der Waals surface area contributed by atoms with Crippen LogP contribution >= 0.6 is 0 Å². The molecule has 1 unspecified atom stereocenters. The molecule has 43 heavy (non-hydrogen) atoms. The van der Waals surface area contributed by atoms with Crippen LogP contribution in [-0.2, 0) is 10.2 Å². The van der Waals surface area contributed by atoms with E-state index in [4.69, 9.17) is 0 Å². The maximum atomic E-state index is 12.5. The van der Waals surface area contributed by atoms with Crippen molar-refractivity contribution in [2.45, 2.75) is 97.8 Å². The Morgan fingerprint density at radius 1 is 0.930 bits per heavy atom. The van der Waals surface area contributed by atoms with E-state index in [2.05, 4.69) is 38.8 Å².